The number of rotatable bonds is 2. The minimum atomic E-state index is -0.298. The number of anilines is 2. The summed E-state index contributed by atoms with van der Waals surface area (Å²) in [6.07, 6.45) is 1.38. The number of benzene rings is 1. The first kappa shape index (κ1) is 10.7. The molecule has 0 radical (unpaired) electrons. The number of nitrogens with zero attached hydrogens (tertiary/aromatic N) is 1. The molecule has 82 valence electrons. The van der Waals surface area contributed by atoms with Crippen molar-refractivity contribution in [1.82, 2.24) is 5.16 Å². The maximum Gasteiger partial charge on any atom is 0.258 e. The number of hydrogen-bond acceptors (Lipinski definition) is 4. The lowest BCUT2D eigenvalue weighted by Gasteiger charge is -2.04. The second-order valence-corrected chi connectivity index (χ2v) is 3.93. The summed E-state index contributed by atoms with van der Waals surface area (Å²) in [6.45, 7) is 0. The smallest absolute Gasteiger partial charge is 0.258 e. The van der Waals surface area contributed by atoms with Crippen LogP contribution < -0.4 is 11.1 Å². The van der Waals surface area contributed by atoms with Crippen LogP contribution in [0, 0.1) is 0 Å². The SMILES string of the molecule is Nc1ccc(Br)c(C(=O)Nc2ccon2)c1. The van der Waals surface area contributed by atoms with Crippen molar-refractivity contribution in [1.29, 1.82) is 0 Å². The fourth-order valence-corrected chi connectivity index (χ4v) is 1.60. The first-order valence-corrected chi connectivity index (χ1v) is 5.23. The van der Waals surface area contributed by atoms with Crippen molar-refractivity contribution in [2.75, 3.05) is 11.1 Å². The number of halogens is 1. The van der Waals surface area contributed by atoms with Gasteiger partial charge in [0.15, 0.2) is 5.82 Å². The predicted molar refractivity (Wildman–Crippen MR) is 63.0 cm³/mol. The Hall–Kier alpha value is -1.82. The molecule has 0 fully saturated rings. The van der Waals surface area contributed by atoms with Crippen LogP contribution >= 0.6 is 15.9 Å². The molecule has 2 aromatic rings. The average Bonchev–Trinajstić information content (AvgIpc) is 2.74. The van der Waals surface area contributed by atoms with Gasteiger partial charge in [-0.2, -0.15) is 0 Å². The molecule has 1 aromatic carbocycles. The zero-order valence-corrected chi connectivity index (χ0v) is 9.69. The molecule has 0 spiro atoms. The number of carbonyl (C=O) groups is 1. The standard InChI is InChI=1S/C10H8BrN3O2/c11-8-2-1-6(12)5-7(8)10(15)13-9-3-4-16-14-9/h1-5H,12H2,(H,13,14,15). The van der Waals surface area contributed by atoms with E-state index in [9.17, 15) is 4.79 Å². The maximum atomic E-state index is 11.8. The third kappa shape index (κ3) is 2.22. The molecule has 1 heterocycles. The fraction of sp³-hybridized carbons (Fsp3) is 0. The van der Waals surface area contributed by atoms with Crippen molar-refractivity contribution in [3.8, 4) is 0 Å². The summed E-state index contributed by atoms with van der Waals surface area (Å²) in [4.78, 5) is 11.8. The van der Waals surface area contributed by atoms with Crippen LogP contribution in [0.25, 0.3) is 0 Å². The van der Waals surface area contributed by atoms with Crippen molar-refractivity contribution in [3.05, 3.63) is 40.6 Å². The van der Waals surface area contributed by atoms with E-state index in [1.165, 1.54) is 6.26 Å². The van der Waals surface area contributed by atoms with Crippen LogP contribution in [-0.2, 0) is 0 Å². The summed E-state index contributed by atoms with van der Waals surface area (Å²) >= 11 is 3.27. The molecule has 1 amide bonds. The van der Waals surface area contributed by atoms with Gasteiger partial charge in [0, 0.05) is 16.2 Å². The van der Waals surface area contributed by atoms with E-state index in [-0.39, 0.29) is 5.91 Å². The van der Waals surface area contributed by atoms with Crippen LogP contribution in [0.4, 0.5) is 11.5 Å². The minimum Gasteiger partial charge on any atom is -0.399 e. The van der Waals surface area contributed by atoms with Crippen LogP contribution in [0.15, 0.2) is 39.5 Å². The van der Waals surface area contributed by atoms with Crippen LogP contribution in [0.5, 0.6) is 0 Å². The summed E-state index contributed by atoms with van der Waals surface area (Å²) in [6, 6.07) is 6.56. The summed E-state index contributed by atoms with van der Waals surface area (Å²) in [5, 5.41) is 6.16. The Morgan fingerprint density at radius 1 is 1.44 bits per heavy atom. The molecule has 0 saturated heterocycles. The Morgan fingerprint density at radius 2 is 2.25 bits per heavy atom. The minimum absolute atomic E-state index is 0.298. The highest BCUT2D eigenvalue weighted by atomic mass is 79.9. The molecule has 6 heteroatoms. The highest BCUT2D eigenvalue weighted by molar-refractivity contribution is 9.10. The van der Waals surface area contributed by atoms with Crippen molar-refractivity contribution in [2.45, 2.75) is 0 Å². The van der Waals surface area contributed by atoms with Gasteiger partial charge in [-0.05, 0) is 34.1 Å². The van der Waals surface area contributed by atoms with Gasteiger partial charge in [0.2, 0.25) is 0 Å². The normalized spacial score (nSPS) is 10.1. The largest absolute Gasteiger partial charge is 0.399 e. The van der Waals surface area contributed by atoms with E-state index < -0.39 is 0 Å². The number of aromatic nitrogens is 1. The van der Waals surface area contributed by atoms with Crippen molar-refractivity contribution >= 4 is 33.3 Å². The van der Waals surface area contributed by atoms with Crippen LogP contribution in [0.3, 0.4) is 0 Å². The molecule has 1 aromatic heterocycles. The van der Waals surface area contributed by atoms with E-state index in [1.807, 2.05) is 0 Å². The van der Waals surface area contributed by atoms with Crippen molar-refractivity contribution in [3.63, 3.8) is 0 Å². The van der Waals surface area contributed by atoms with Gasteiger partial charge in [-0.3, -0.25) is 4.79 Å². The van der Waals surface area contributed by atoms with E-state index in [2.05, 4.69) is 30.9 Å². The zero-order valence-electron chi connectivity index (χ0n) is 8.11. The number of amides is 1. The lowest BCUT2D eigenvalue weighted by Crippen LogP contribution is -2.13. The number of nitrogens with one attached hydrogen (secondary N) is 1. The van der Waals surface area contributed by atoms with E-state index >= 15 is 0 Å². The van der Waals surface area contributed by atoms with Crippen molar-refractivity contribution in [2.24, 2.45) is 0 Å². The Labute approximate surface area is 99.7 Å². The Kier molecular flexibility index (Phi) is 2.91. The third-order valence-electron chi connectivity index (χ3n) is 1.91. The molecular weight excluding hydrogens is 274 g/mol. The molecule has 0 atom stereocenters. The van der Waals surface area contributed by atoms with E-state index in [0.717, 1.165) is 0 Å². The van der Waals surface area contributed by atoms with Gasteiger partial charge in [0.05, 0.1) is 5.56 Å². The van der Waals surface area contributed by atoms with Gasteiger partial charge < -0.3 is 15.6 Å². The highest BCUT2D eigenvalue weighted by Gasteiger charge is 2.11. The predicted octanol–water partition coefficient (Wildman–Crippen LogP) is 2.27. The molecule has 0 aliphatic carbocycles. The molecule has 0 aliphatic heterocycles. The maximum absolute atomic E-state index is 11.8. The summed E-state index contributed by atoms with van der Waals surface area (Å²) < 4.78 is 5.27. The summed E-state index contributed by atoms with van der Waals surface area (Å²) in [5.74, 6) is 0.0624. The quantitative estimate of drug-likeness (QED) is 0.828. The van der Waals surface area contributed by atoms with E-state index in [0.29, 0.717) is 21.5 Å². The lowest BCUT2D eigenvalue weighted by molar-refractivity contribution is 0.102. The van der Waals surface area contributed by atoms with E-state index in [4.69, 9.17) is 5.73 Å². The second kappa shape index (κ2) is 4.36. The van der Waals surface area contributed by atoms with Gasteiger partial charge in [-0.25, -0.2) is 0 Å². The Bertz CT molecular complexity index is 511. The monoisotopic (exact) mass is 281 g/mol. The van der Waals surface area contributed by atoms with Crippen LogP contribution in [-0.4, -0.2) is 11.1 Å². The average molecular weight is 282 g/mol. The van der Waals surface area contributed by atoms with E-state index in [1.54, 1.807) is 24.3 Å². The molecule has 0 bridgehead atoms. The molecule has 2 rings (SSSR count). The first-order valence-electron chi connectivity index (χ1n) is 4.43. The van der Waals surface area contributed by atoms with Gasteiger partial charge >= 0.3 is 0 Å². The number of hydrogen-bond donors (Lipinski definition) is 2. The van der Waals surface area contributed by atoms with Gasteiger partial charge in [-0.1, -0.05) is 5.16 Å². The molecule has 0 saturated carbocycles. The molecule has 0 aliphatic rings. The topological polar surface area (TPSA) is 81.2 Å². The Balaban J connectivity index is 2.24. The second-order valence-electron chi connectivity index (χ2n) is 3.08. The van der Waals surface area contributed by atoms with Gasteiger partial charge in [0.1, 0.15) is 6.26 Å². The van der Waals surface area contributed by atoms with Gasteiger partial charge in [-0.15, -0.1) is 0 Å². The summed E-state index contributed by atoms with van der Waals surface area (Å²) in [7, 11) is 0. The van der Waals surface area contributed by atoms with Crippen molar-refractivity contribution < 1.29 is 9.32 Å². The van der Waals surface area contributed by atoms with Gasteiger partial charge in [0.25, 0.3) is 5.91 Å². The summed E-state index contributed by atoms with van der Waals surface area (Å²) in [5.41, 5.74) is 6.57. The molecular formula is C10H8BrN3O2. The molecule has 5 nitrogen and oxygen atoms in total. The molecule has 16 heavy (non-hydrogen) atoms. The molecule has 3 N–H and O–H groups in total. The van der Waals surface area contributed by atoms with Crippen LogP contribution in [0.1, 0.15) is 10.4 Å². The number of nitrogen functional groups attached to an aromatic ring is 1. The number of carbonyl (C=O) groups excluding carboxylic acids is 1. The fourth-order valence-electron chi connectivity index (χ4n) is 1.18. The highest BCUT2D eigenvalue weighted by Crippen LogP contribution is 2.20. The van der Waals surface area contributed by atoms with Crippen LogP contribution in [0.2, 0.25) is 0 Å². The number of nitrogens with two attached hydrogens (primary N) is 1. The molecule has 0 unspecified atom stereocenters. The zero-order chi connectivity index (χ0) is 11.5. The lowest BCUT2D eigenvalue weighted by atomic mass is 10.2. The first-order chi connectivity index (χ1) is 7.66. The Morgan fingerprint density at radius 3 is 2.94 bits per heavy atom. The third-order valence-corrected chi connectivity index (χ3v) is 2.61.